The van der Waals surface area contributed by atoms with Crippen LogP contribution in [0, 0.1) is 16.0 Å². The highest BCUT2D eigenvalue weighted by molar-refractivity contribution is 6.42. The lowest BCUT2D eigenvalue weighted by atomic mass is 9.99. The zero-order valence-corrected chi connectivity index (χ0v) is 17.0. The summed E-state index contributed by atoms with van der Waals surface area (Å²) in [6.45, 7) is 3.95. The largest absolute Gasteiger partial charge is 0.366 e. The lowest BCUT2D eigenvalue weighted by Gasteiger charge is -2.32. The van der Waals surface area contributed by atoms with E-state index in [0.717, 1.165) is 31.5 Å². The molecule has 0 aromatic heterocycles. The number of carbonyl (C=O) groups excluding carboxylic acids is 1. The van der Waals surface area contributed by atoms with E-state index in [1.54, 1.807) is 30.3 Å². The van der Waals surface area contributed by atoms with E-state index in [1.165, 1.54) is 6.07 Å². The predicted octanol–water partition coefficient (Wildman–Crippen LogP) is 5.07. The Balaban J connectivity index is 1.76. The highest BCUT2D eigenvalue weighted by Gasteiger charge is 2.25. The molecule has 1 fully saturated rings. The van der Waals surface area contributed by atoms with Crippen LogP contribution in [0.1, 0.15) is 35.7 Å². The van der Waals surface area contributed by atoms with Gasteiger partial charge in [-0.15, -0.1) is 0 Å². The molecule has 1 amide bonds. The van der Waals surface area contributed by atoms with Crippen molar-refractivity contribution in [2.75, 3.05) is 18.0 Å². The fourth-order valence-electron chi connectivity index (χ4n) is 3.42. The van der Waals surface area contributed by atoms with Gasteiger partial charge in [-0.25, -0.2) is 0 Å². The van der Waals surface area contributed by atoms with Crippen LogP contribution in [0.4, 0.5) is 11.4 Å². The van der Waals surface area contributed by atoms with Gasteiger partial charge in [-0.2, -0.15) is 0 Å². The Morgan fingerprint density at radius 1 is 1.25 bits per heavy atom. The summed E-state index contributed by atoms with van der Waals surface area (Å²) in [7, 11) is 0. The zero-order valence-electron chi connectivity index (χ0n) is 15.5. The maximum atomic E-state index is 12.5. The van der Waals surface area contributed by atoms with Crippen LogP contribution in [0.15, 0.2) is 36.4 Å². The van der Waals surface area contributed by atoms with Gasteiger partial charge in [0, 0.05) is 31.3 Å². The van der Waals surface area contributed by atoms with Crippen molar-refractivity contribution in [1.82, 2.24) is 5.32 Å². The molecule has 2 aromatic carbocycles. The summed E-state index contributed by atoms with van der Waals surface area (Å²) < 4.78 is 0. The zero-order chi connectivity index (χ0) is 20.3. The summed E-state index contributed by atoms with van der Waals surface area (Å²) >= 11 is 11.9. The summed E-state index contributed by atoms with van der Waals surface area (Å²) in [5.74, 6) is 0.107. The van der Waals surface area contributed by atoms with Gasteiger partial charge in [-0.05, 0) is 48.6 Å². The van der Waals surface area contributed by atoms with Crippen LogP contribution >= 0.6 is 23.2 Å². The highest BCUT2D eigenvalue weighted by atomic mass is 35.5. The Hall–Kier alpha value is -2.31. The van der Waals surface area contributed by atoms with Gasteiger partial charge < -0.3 is 10.2 Å². The SMILES string of the molecule is C[C@H]1CCCN(c2ccc(C(=O)NCc3ccc(Cl)c(Cl)c3)cc2[N+](=O)[O-])C1. The van der Waals surface area contributed by atoms with Gasteiger partial charge in [0.15, 0.2) is 0 Å². The number of hydrogen-bond donors (Lipinski definition) is 1. The topological polar surface area (TPSA) is 75.5 Å². The second kappa shape index (κ2) is 8.80. The second-order valence-corrected chi connectivity index (χ2v) is 7.90. The summed E-state index contributed by atoms with van der Waals surface area (Å²) in [6, 6.07) is 9.74. The standard InChI is InChI=1S/C20H21Cl2N3O3/c1-13-3-2-8-24(12-13)18-7-5-15(10-19(18)25(27)28)20(26)23-11-14-4-6-16(21)17(22)9-14/h4-7,9-10,13H,2-3,8,11-12H2,1H3,(H,23,26)/t13-/m0/s1. The number of benzene rings is 2. The van der Waals surface area contributed by atoms with Gasteiger partial charge in [0.05, 0.1) is 15.0 Å². The molecule has 0 saturated carbocycles. The Morgan fingerprint density at radius 2 is 2.04 bits per heavy atom. The van der Waals surface area contributed by atoms with Crippen molar-refractivity contribution >= 4 is 40.5 Å². The molecule has 1 aliphatic rings. The number of piperidine rings is 1. The Morgan fingerprint density at radius 3 is 2.71 bits per heavy atom. The minimum Gasteiger partial charge on any atom is -0.366 e. The third-order valence-electron chi connectivity index (χ3n) is 4.87. The van der Waals surface area contributed by atoms with Crippen molar-refractivity contribution in [2.24, 2.45) is 5.92 Å². The number of amides is 1. The van der Waals surface area contributed by atoms with E-state index in [1.807, 2.05) is 4.90 Å². The summed E-state index contributed by atoms with van der Waals surface area (Å²) in [5.41, 5.74) is 1.56. The number of halogens is 2. The van der Waals surface area contributed by atoms with E-state index in [9.17, 15) is 14.9 Å². The molecule has 0 radical (unpaired) electrons. The predicted molar refractivity (Wildman–Crippen MR) is 111 cm³/mol. The monoisotopic (exact) mass is 421 g/mol. The molecule has 1 aliphatic heterocycles. The van der Waals surface area contributed by atoms with Gasteiger partial charge in [-0.1, -0.05) is 36.2 Å². The summed E-state index contributed by atoms with van der Waals surface area (Å²) in [6.07, 6.45) is 2.13. The molecule has 1 atom stereocenters. The number of nitrogens with zero attached hydrogens (tertiary/aromatic N) is 2. The van der Waals surface area contributed by atoms with Crippen LogP contribution in [0.2, 0.25) is 10.0 Å². The minimum atomic E-state index is -0.426. The van der Waals surface area contributed by atoms with E-state index in [2.05, 4.69) is 12.2 Å². The fraction of sp³-hybridized carbons (Fsp3) is 0.350. The van der Waals surface area contributed by atoms with Crippen molar-refractivity contribution in [2.45, 2.75) is 26.3 Å². The molecule has 3 rings (SSSR count). The normalized spacial score (nSPS) is 16.7. The molecule has 8 heteroatoms. The van der Waals surface area contributed by atoms with Gasteiger partial charge in [0.1, 0.15) is 5.69 Å². The van der Waals surface area contributed by atoms with Crippen molar-refractivity contribution in [3.63, 3.8) is 0 Å². The van der Waals surface area contributed by atoms with Crippen LogP contribution < -0.4 is 10.2 Å². The molecule has 6 nitrogen and oxygen atoms in total. The molecule has 0 aliphatic carbocycles. The molecule has 1 heterocycles. The third-order valence-corrected chi connectivity index (χ3v) is 5.61. The molecule has 0 unspecified atom stereocenters. The fourth-order valence-corrected chi connectivity index (χ4v) is 3.74. The number of anilines is 1. The van der Waals surface area contributed by atoms with Gasteiger partial charge in [0.25, 0.3) is 11.6 Å². The Labute approximate surface area is 173 Å². The number of nitro groups is 1. The Bertz CT molecular complexity index is 904. The van der Waals surface area contributed by atoms with Gasteiger partial charge in [0.2, 0.25) is 0 Å². The first kappa shape index (κ1) is 20.4. The van der Waals surface area contributed by atoms with Crippen molar-refractivity contribution in [1.29, 1.82) is 0 Å². The van der Waals surface area contributed by atoms with E-state index in [0.29, 0.717) is 21.7 Å². The summed E-state index contributed by atoms with van der Waals surface area (Å²) in [5, 5.41) is 15.2. The first-order valence-electron chi connectivity index (χ1n) is 9.10. The smallest absolute Gasteiger partial charge is 0.293 e. The highest BCUT2D eigenvalue weighted by Crippen LogP contribution is 2.32. The number of carbonyl (C=O) groups is 1. The Kier molecular flexibility index (Phi) is 6.42. The average Bonchev–Trinajstić information content (AvgIpc) is 2.68. The van der Waals surface area contributed by atoms with Gasteiger partial charge in [-0.3, -0.25) is 14.9 Å². The first-order chi connectivity index (χ1) is 13.3. The van der Waals surface area contributed by atoms with E-state index in [4.69, 9.17) is 23.2 Å². The molecule has 0 spiro atoms. The lowest BCUT2D eigenvalue weighted by molar-refractivity contribution is -0.384. The molecular formula is C20H21Cl2N3O3. The molecule has 1 N–H and O–H groups in total. The third kappa shape index (κ3) is 4.75. The van der Waals surface area contributed by atoms with Crippen LogP contribution in [0.3, 0.4) is 0 Å². The van der Waals surface area contributed by atoms with Crippen molar-refractivity contribution in [3.05, 3.63) is 67.7 Å². The lowest BCUT2D eigenvalue weighted by Crippen LogP contribution is -2.34. The average molecular weight is 422 g/mol. The molecular weight excluding hydrogens is 401 g/mol. The van der Waals surface area contributed by atoms with Crippen LogP contribution in [0.5, 0.6) is 0 Å². The van der Waals surface area contributed by atoms with Crippen LogP contribution in [0.25, 0.3) is 0 Å². The first-order valence-corrected chi connectivity index (χ1v) is 9.86. The molecule has 2 aromatic rings. The van der Waals surface area contributed by atoms with Crippen LogP contribution in [-0.2, 0) is 6.54 Å². The molecule has 0 bridgehead atoms. The second-order valence-electron chi connectivity index (χ2n) is 7.09. The maximum absolute atomic E-state index is 12.5. The van der Waals surface area contributed by atoms with Crippen molar-refractivity contribution in [3.8, 4) is 0 Å². The van der Waals surface area contributed by atoms with E-state index >= 15 is 0 Å². The van der Waals surface area contributed by atoms with E-state index < -0.39 is 4.92 Å². The number of hydrogen-bond acceptors (Lipinski definition) is 4. The minimum absolute atomic E-state index is 0.0451. The van der Waals surface area contributed by atoms with Crippen molar-refractivity contribution < 1.29 is 9.72 Å². The number of rotatable bonds is 5. The maximum Gasteiger partial charge on any atom is 0.293 e. The van der Waals surface area contributed by atoms with Crippen LogP contribution in [-0.4, -0.2) is 23.9 Å². The molecule has 28 heavy (non-hydrogen) atoms. The van der Waals surface area contributed by atoms with Gasteiger partial charge >= 0.3 is 0 Å². The quantitative estimate of drug-likeness (QED) is 0.539. The number of nitro benzene ring substituents is 1. The summed E-state index contributed by atoms with van der Waals surface area (Å²) in [4.78, 5) is 25.7. The molecule has 148 valence electrons. The van der Waals surface area contributed by atoms with E-state index in [-0.39, 0.29) is 23.7 Å². The molecule has 1 saturated heterocycles. The number of nitrogens with one attached hydrogen (secondary N) is 1.